The van der Waals surface area contributed by atoms with E-state index in [4.69, 9.17) is 9.97 Å². The number of hydrogen-bond donors (Lipinski definition) is 2. The number of anilines is 1. The molecule has 144 valence electrons. The number of piperidine rings is 1. The van der Waals surface area contributed by atoms with E-state index in [0.717, 1.165) is 73.5 Å². The lowest BCUT2D eigenvalue weighted by molar-refractivity contribution is -0.131. The molecule has 0 aromatic carbocycles. The summed E-state index contributed by atoms with van der Waals surface area (Å²) in [7, 11) is 1.93. The van der Waals surface area contributed by atoms with E-state index in [1.54, 1.807) is 11.3 Å². The summed E-state index contributed by atoms with van der Waals surface area (Å²) in [6.45, 7) is 5.28. The van der Waals surface area contributed by atoms with Crippen molar-refractivity contribution in [3.8, 4) is 0 Å². The largest absolute Gasteiger partial charge is 0.373 e. The third-order valence-corrected chi connectivity index (χ3v) is 6.23. The van der Waals surface area contributed by atoms with Gasteiger partial charge in [-0.3, -0.25) is 4.79 Å². The lowest BCUT2D eigenvalue weighted by atomic mass is 9.95. The molecule has 0 radical (unpaired) electrons. The highest BCUT2D eigenvalue weighted by Gasteiger charge is 2.27. The number of fused-ring (bicyclic) bond motifs is 1. The quantitative estimate of drug-likeness (QED) is 0.835. The Balaban J connectivity index is 1.41. The predicted octanol–water partition coefficient (Wildman–Crippen LogP) is 1.88. The SMILES string of the molecule is CNc1nc(C2CCN(C(=O)Cc3csc(C)n3)CC2)nc2c1CCNC2. The second-order valence-electron chi connectivity index (χ2n) is 7.22. The maximum Gasteiger partial charge on any atom is 0.228 e. The molecule has 2 N–H and O–H groups in total. The van der Waals surface area contributed by atoms with Gasteiger partial charge in [0.2, 0.25) is 5.91 Å². The molecule has 2 aliphatic heterocycles. The van der Waals surface area contributed by atoms with Gasteiger partial charge in [0.25, 0.3) is 0 Å². The van der Waals surface area contributed by atoms with E-state index < -0.39 is 0 Å². The number of aromatic nitrogens is 3. The van der Waals surface area contributed by atoms with Gasteiger partial charge in [0.05, 0.1) is 22.8 Å². The number of rotatable bonds is 4. The Morgan fingerprint density at radius 3 is 2.85 bits per heavy atom. The van der Waals surface area contributed by atoms with Gasteiger partial charge in [-0.05, 0) is 32.7 Å². The van der Waals surface area contributed by atoms with Crippen molar-refractivity contribution in [1.29, 1.82) is 0 Å². The van der Waals surface area contributed by atoms with Gasteiger partial charge >= 0.3 is 0 Å². The summed E-state index contributed by atoms with van der Waals surface area (Å²) in [6.07, 6.45) is 3.20. The molecule has 0 unspecified atom stereocenters. The Bertz CT molecular complexity index is 810. The second-order valence-corrected chi connectivity index (χ2v) is 8.28. The van der Waals surface area contributed by atoms with Gasteiger partial charge in [0, 0.05) is 43.5 Å². The fourth-order valence-electron chi connectivity index (χ4n) is 3.91. The number of nitrogens with zero attached hydrogens (tertiary/aromatic N) is 4. The van der Waals surface area contributed by atoms with Crippen LogP contribution in [-0.2, 0) is 24.2 Å². The van der Waals surface area contributed by atoms with E-state index in [1.807, 2.05) is 24.3 Å². The van der Waals surface area contributed by atoms with Gasteiger partial charge in [-0.1, -0.05) is 0 Å². The molecule has 0 bridgehead atoms. The molecular formula is C19H26N6OS. The highest BCUT2D eigenvalue weighted by atomic mass is 32.1. The monoisotopic (exact) mass is 386 g/mol. The van der Waals surface area contributed by atoms with Crippen molar-refractivity contribution in [3.63, 3.8) is 0 Å². The van der Waals surface area contributed by atoms with Crippen LogP contribution in [0.1, 0.15) is 46.5 Å². The van der Waals surface area contributed by atoms with Gasteiger partial charge in [-0.2, -0.15) is 0 Å². The second kappa shape index (κ2) is 7.90. The molecule has 7 nitrogen and oxygen atoms in total. The van der Waals surface area contributed by atoms with Crippen LogP contribution in [-0.4, -0.2) is 52.4 Å². The number of carbonyl (C=O) groups excluding carboxylic acids is 1. The molecule has 1 amide bonds. The third kappa shape index (κ3) is 3.96. The van der Waals surface area contributed by atoms with Crippen LogP contribution in [0.25, 0.3) is 0 Å². The zero-order chi connectivity index (χ0) is 18.8. The number of aryl methyl sites for hydroxylation is 1. The minimum absolute atomic E-state index is 0.172. The number of carbonyl (C=O) groups is 1. The fourth-order valence-corrected chi connectivity index (χ4v) is 4.52. The number of hydrogen-bond acceptors (Lipinski definition) is 7. The molecule has 0 aliphatic carbocycles. The molecule has 0 spiro atoms. The minimum atomic E-state index is 0.172. The molecule has 1 saturated heterocycles. The first-order valence-corrected chi connectivity index (χ1v) is 10.5. The van der Waals surface area contributed by atoms with E-state index in [2.05, 4.69) is 15.6 Å². The number of amides is 1. The van der Waals surface area contributed by atoms with Crippen LogP contribution < -0.4 is 10.6 Å². The molecule has 0 saturated carbocycles. The minimum Gasteiger partial charge on any atom is -0.373 e. The highest BCUT2D eigenvalue weighted by Crippen LogP contribution is 2.29. The van der Waals surface area contributed by atoms with E-state index in [1.165, 1.54) is 5.56 Å². The first kappa shape index (κ1) is 18.3. The third-order valence-electron chi connectivity index (χ3n) is 5.40. The normalized spacial score (nSPS) is 17.6. The van der Waals surface area contributed by atoms with Crippen molar-refractivity contribution in [2.24, 2.45) is 0 Å². The smallest absolute Gasteiger partial charge is 0.228 e. The summed E-state index contributed by atoms with van der Waals surface area (Å²) >= 11 is 1.60. The van der Waals surface area contributed by atoms with E-state index in [-0.39, 0.29) is 5.91 Å². The van der Waals surface area contributed by atoms with E-state index in [9.17, 15) is 4.79 Å². The first-order chi connectivity index (χ1) is 13.1. The van der Waals surface area contributed by atoms with Crippen molar-refractivity contribution in [2.75, 3.05) is 32.0 Å². The zero-order valence-corrected chi connectivity index (χ0v) is 16.7. The van der Waals surface area contributed by atoms with Crippen molar-refractivity contribution in [1.82, 2.24) is 25.2 Å². The number of thiazole rings is 1. The molecule has 4 heterocycles. The molecule has 2 aliphatic rings. The molecule has 8 heteroatoms. The number of likely N-dealkylation sites (tertiary alicyclic amines) is 1. The van der Waals surface area contributed by atoms with Crippen molar-refractivity contribution in [2.45, 2.75) is 45.1 Å². The van der Waals surface area contributed by atoms with Gasteiger partial charge in [0.1, 0.15) is 11.6 Å². The summed E-state index contributed by atoms with van der Waals surface area (Å²) in [5, 5.41) is 9.63. The maximum atomic E-state index is 12.6. The standard InChI is InChI=1S/C19H26N6OS/c1-12-22-14(11-27-12)9-17(26)25-7-4-13(5-8-25)18-23-16-10-21-6-3-15(16)19(20-2)24-18/h11,13,21H,3-10H2,1-2H3,(H,20,23,24). The highest BCUT2D eigenvalue weighted by molar-refractivity contribution is 7.09. The van der Waals surface area contributed by atoms with Crippen LogP contribution >= 0.6 is 11.3 Å². The van der Waals surface area contributed by atoms with Crippen LogP contribution in [0.5, 0.6) is 0 Å². The Morgan fingerprint density at radius 2 is 2.15 bits per heavy atom. The van der Waals surface area contributed by atoms with E-state index in [0.29, 0.717) is 12.3 Å². The zero-order valence-electron chi connectivity index (χ0n) is 15.9. The average molecular weight is 387 g/mol. The molecule has 1 fully saturated rings. The lowest BCUT2D eigenvalue weighted by Gasteiger charge is -2.32. The van der Waals surface area contributed by atoms with E-state index >= 15 is 0 Å². The molecule has 0 atom stereocenters. The Labute approximate surface area is 163 Å². The van der Waals surface area contributed by atoms with Crippen LogP contribution in [0.15, 0.2) is 5.38 Å². The Morgan fingerprint density at radius 1 is 1.33 bits per heavy atom. The van der Waals surface area contributed by atoms with Crippen LogP contribution in [0.3, 0.4) is 0 Å². The van der Waals surface area contributed by atoms with Gasteiger partial charge < -0.3 is 15.5 Å². The number of nitrogens with one attached hydrogen (secondary N) is 2. The molecule has 27 heavy (non-hydrogen) atoms. The van der Waals surface area contributed by atoms with Crippen molar-refractivity contribution < 1.29 is 4.79 Å². The van der Waals surface area contributed by atoms with Crippen molar-refractivity contribution in [3.05, 3.63) is 33.2 Å². The molecular weight excluding hydrogens is 360 g/mol. The van der Waals surface area contributed by atoms with Gasteiger partial charge in [0.15, 0.2) is 0 Å². The summed E-state index contributed by atoms with van der Waals surface area (Å²) in [5.74, 6) is 2.37. The van der Waals surface area contributed by atoms with Crippen LogP contribution in [0.4, 0.5) is 5.82 Å². The lowest BCUT2D eigenvalue weighted by Crippen LogP contribution is -2.39. The molecule has 2 aromatic heterocycles. The summed E-state index contributed by atoms with van der Waals surface area (Å²) < 4.78 is 0. The molecule has 2 aromatic rings. The predicted molar refractivity (Wildman–Crippen MR) is 106 cm³/mol. The summed E-state index contributed by atoms with van der Waals surface area (Å²) in [6, 6.07) is 0. The van der Waals surface area contributed by atoms with Crippen LogP contribution in [0, 0.1) is 6.92 Å². The summed E-state index contributed by atoms with van der Waals surface area (Å²) in [4.78, 5) is 28.6. The molecule has 4 rings (SSSR count). The maximum absolute atomic E-state index is 12.6. The Hall–Kier alpha value is -2.06. The summed E-state index contributed by atoms with van der Waals surface area (Å²) in [5.41, 5.74) is 3.24. The Kier molecular flexibility index (Phi) is 5.36. The first-order valence-electron chi connectivity index (χ1n) is 9.61. The van der Waals surface area contributed by atoms with Gasteiger partial charge in [-0.15, -0.1) is 11.3 Å². The average Bonchev–Trinajstić information content (AvgIpc) is 3.11. The van der Waals surface area contributed by atoms with Crippen LogP contribution in [0.2, 0.25) is 0 Å². The van der Waals surface area contributed by atoms with Crippen molar-refractivity contribution >= 4 is 23.1 Å². The fraction of sp³-hybridized carbons (Fsp3) is 0.579. The van der Waals surface area contributed by atoms with Gasteiger partial charge in [-0.25, -0.2) is 15.0 Å². The topological polar surface area (TPSA) is 83.0 Å².